The SMILES string of the molecule is CCC1(C2(C)CCCCCC2)CCCCNC1. The molecule has 2 aliphatic rings. The quantitative estimate of drug-likeness (QED) is 0.696. The van der Waals surface area contributed by atoms with Crippen LogP contribution in [0.3, 0.4) is 0 Å². The molecule has 1 saturated heterocycles. The van der Waals surface area contributed by atoms with Gasteiger partial charge in [-0.2, -0.15) is 0 Å². The largest absolute Gasteiger partial charge is 0.316 e. The van der Waals surface area contributed by atoms with Crippen LogP contribution in [0.5, 0.6) is 0 Å². The Bertz CT molecular complexity index is 218. The summed E-state index contributed by atoms with van der Waals surface area (Å²) in [5.74, 6) is 0. The van der Waals surface area contributed by atoms with Crippen LogP contribution in [0, 0.1) is 10.8 Å². The molecule has 0 aromatic heterocycles. The minimum atomic E-state index is 0.591. The van der Waals surface area contributed by atoms with Crippen LogP contribution < -0.4 is 5.32 Å². The molecular weight excluding hydrogens is 206 g/mol. The summed E-state index contributed by atoms with van der Waals surface area (Å²) in [6, 6.07) is 0. The zero-order valence-corrected chi connectivity index (χ0v) is 12.0. The van der Waals surface area contributed by atoms with Crippen molar-refractivity contribution in [3.63, 3.8) is 0 Å². The zero-order chi connectivity index (χ0) is 12.2. The van der Waals surface area contributed by atoms with Crippen LogP contribution in [0.1, 0.15) is 78.1 Å². The molecular formula is C16H31N. The summed E-state index contributed by atoms with van der Waals surface area (Å²) in [5, 5.41) is 3.73. The van der Waals surface area contributed by atoms with E-state index >= 15 is 0 Å². The molecule has 1 heteroatoms. The Kier molecular flexibility index (Phi) is 4.52. The first-order valence-electron chi connectivity index (χ1n) is 7.93. The number of nitrogens with one attached hydrogen (secondary N) is 1. The second kappa shape index (κ2) is 5.73. The smallest absolute Gasteiger partial charge is 0.00129 e. The van der Waals surface area contributed by atoms with Gasteiger partial charge in [0, 0.05) is 6.54 Å². The predicted octanol–water partition coefficient (Wildman–Crippen LogP) is 4.52. The van der Waals surface area contributed by atoms with Crippen molar-refractivity contribution in [2.24, 2.45) is 10.8 Å². The van der Waals surface area contributed by atoms with Crippen molar-refractivity contribution < 1.29 is 0 Å². The van der Waals surface area contributed by atoms with Crippen LogP contribution >= 0.6 is 0 Å². The van der Waals surface area contributed by atoms with Gasteiger partial charge in [0.05, 0.1) is 0 Å². The second-order valence-corrected chi connectivity index (χ2v) is 6.74. The summed E-state index contributed by atoms with van der Waals surface area (Å²) in [7, 11) is 0. The van der Waals surface area contributed by atoms with Gasteiger partial charge < -0.3 is 5.32 Å². The standard InChI is InChI=1S/C16H31N/c1-3-16(12-8-9-13-17-14-16)15(2)10-6-4-5-7-11-15/h17H,3-14H2,1-2H3. The third kappa shape index (κ3) is 2.70. The van der Waals surface area contributed by atoms with Gasteiger partial charge in [0.15, 0.2) is 0 Å². The van der Waals surface area contributed by atoms with E-state index in [2.05, 4.69) is 19.2 Å². The number of hydrogen-bond donors (Lipinski definition) is 1. The van der Waals surface area contributed by atoms with Crippen LogP contribution in [-0.2, 0) is 0 Å². The minimum absolute atomic E-state index is 0.591. The lowest BCUT2D eigenvalue weighted by atomic mass is 9.57. The van der Waals surface area contributed by atoms with E-state index in [1.54, 1.807) is 0 Å². The Morgan fingerprint density at radius 2 is 1.53 bits per heavy atom. The molecule has 0 aromatic rings. The summed E-state index contributed by atoms with van der Waals surface area (Å²) >= 11 is 0. The molecule has 100 valence electrons. The van der Waals surface area contributed by atoms with Crippen LogP contribution in [0.2, 0.25) is 0 Å². The van der Waals surface area contributed by atoms with E-state index in [9.17, 15) is 0 Å². The van der Waals surface area contributed by atoms with E-state index in [-0.39, 0.29) is 0 Å². The third-order valence-electron chi connectivity index (χ3n) is 5.89. The van der Waals surface area contributed by atoms with Gasteiger partial charge in [-0.3, -0.25) is 0 Å². The maximum Gasteiger partial charge on any atom is 0.00129 e. The Morgan fingerprint density at radius 1 is 0.882 bits per heavy atom. The highest BCUT2D eigenvalue weighted by molar-refractivity contribution is 4.97. The molecule has 0 amide bonds. The maximum absolute atomic E-state index is 3.73. The molecule has 1 saturated carbocycles. The third-order valence-corrected chi connectivity index (χ3v) is 5.89. The molecule has 1 nitrogen and oxygen atoms in total. The lowest BCUT2D eigenvalue weighted by Gasteiger charge is -2.49. The van der Waals surface area contributed by atoms with Crippen molar-refractivity contribution in [2.45, 2.75) is 78.1 Å². The highest BCUT2D eigenvalue weighted by atomic mass is 14.9. The Balaban J connectivity index is 2.17. The fourth-order valence-corrected chi connectivity index (χ4v) is 4.41. The summed E-state index contributed by atoms with van der Waals surface area (Å²) < 4.78 is 0. The van der Waals surface area contributed by atoms with Crippen molar-refractivity contribution >= 4 is 0 Å². The van der Waals surface area contributed by atoms with E-state index in [0.29, 0.717) is 10.8 Å². The van der Waals surface area contributed by atoms with Gasteiger partial charge in [-0.1, -0.05) is 46.0 Å². The molecule has 2 rings (SSSR count). The Morgan fingerprint density at radius 3 is 2.18 bits per heavy atom. The lowest BCUT2D eigenvalue weighted by Crippen LogP contribution is -2.45. The molecule has 1 unspecified atom stereocenters. The first kappa shape index (κ1) is 13.4. The maximum atomic E-state index is 3.73. The summed E-state index contributed by atoms with van der Waals surface area (Å²) in [4.78, 5) is 0. The molecule has 2 fully saturated rings. The van der Waals surface area contributed by atoms with E-state index in [0.717, 1.165) is 0 Å². The van der Waals surface area contributed by atoms with Crippen molar-refractivity contribution in [3.05, 3.63) is 0 Å². The molecule has 0 bridgehead atoms. The number of hydrogen-bond acceptors (Lipinski definition) is 1. The monoisotopic (exact) mass is 237 g/mol. The highest BCUT2D eigenvalue weighted by Gasteiger charge is 2.45. The average Bonchev–Trinajstić information content (AvgIpc) is 2.70. The molecule has 0 radical (unpaired) electrons. The molecule has 1 aliphatic heterocycles. The van der Waals surface area contributed by atoms with Gasteiger partial charge in [0.2, 0.25) is 0 Å². The van der Waals surface area contributed by atoms with E-state index in [1.165, 1.54) is 77.3 Å². The van der Waals surface area contributed by atoms with Gasteiger partial charge in [-0.05, 0) is 49.5 Å². The van der Waals surface area contributed by atoms with Gasteiger partial charge >= 0.3 is 0 Å². The molecule has 0 aromatic carbocycles. The van der Waals surface area contributed by atoms with Crippen molar-refractivity contribution in [3.8, 4) is 0 Å². The summed E-state index contributed by atoms with van der Waals surface area (Å²) in [6.07, 6.45) is 14.5. The molecule has 0 spiro atoms. The fourth-order valence-electron chi connectivity index (χ4n) is 4.41. The van der Waals surface area contributed by atoms with Crippen LogP contribution in [0.15, 0.2) is 0 Å². The lowest BCUT2D eigenvalue weighted by molar-refractivity contribution is 0.0238. The van der Waals surface area contributed by atoms with E-state index in [4.69, 9.17) is 0 Å². The molecule has 17 heavy (non-hydrogen) atoms. The summed E-state index contributed by atoms with van der Waals surface area (Å²) in [6.45, 7) is 7.57. The van der Waals surface area contributed by atoms with Crippen LogP contribution in [-0.4, -0.2) is 13.1 Å². The normalized spacial score (nSPS) is 34.9. The Hall–Kier alpha value is -0.0400. The minimum Gasteiger partial charge on any atom is -0.316 e. The van der Waals surface area contributed by atoms with Crippen LogP contribution in [0.25, 0.3) is 0 Å². The fraction of sp³-hybridized carbons (Fsp3) is 1.00. The van der Waals surface area contributed by atoms with Gasteiger partial charge in [0.25, 0.3) is 0 Å². The van der Waals surface area contributed by atoms with Crippen molar-refractivity contribution in [1.82, 2.24) is 5.32 Å². The average molecular weight is 237 g/mol. The molecule has 1 heterocycles. The molecule has 1 N–H and O–H groups in total. The predicted molar refractivity (Wildman–Crippen MR) is 75.3 cm³/mol. The summed E-state index contributed by atoms with van der Waals surface area (Å²) in [5.41, 5.74) is 1.20. The highest BCUT2D eigenvalue weighted by Crippen LogP contribution is 2.53. The van der Waals surface area contributed by atoms with Crippen LogP contribution in [0.4, 0.5) is 0 Å². The first-order chi connectivity index (χ1) is 8.22. The Labute approximate surface area is 108 Å². The molecule has 1 atom stereocenters. The number of rotatable bonds is 2. The van der Waals surface area contributed by atoms with Gasteiger partial charge in [-0.15, -0.1) is 0 Å². The molecule has 1 aliphatic carbocycles. The van der Waals surface area contributed by atoms with Gasteiger partial charge in [0.1, 0.15) is 0 Å². The first-order valence-corrected chi connectivity index (χ1v) is 7.93. The zero-order valence-electron chi connectivity index (χ0n) is 12.0. The van der Waals surface area contributed by atoms with E-state index < -0.39 is 0 Å². The topological polar surface area (TPSA) is 12.0 Å². The van der Waals surface area contributed by atoms with E-state index in [1.807, 2.05) is 0 Å². The second-order valence-electron chi connectivity index (χ2n) is 6.74. The van der Waals surface area contributed by atoms with Crippen molar-refractivity contribution in [2.75, 3.05) is 13.1 Å². The van der Waals surface area contributed by atoms with Gasteiger partial charge in [-0.25, -0.2) is 0 Å². The van der Waals surface area contributed by atoms with Crippen molar-refractivity contribution in [1.29, 1.82) is 0 Å².